The van der Waals surface area contributed by atoms with E-state index in [4.69, 9.17) is 16.3 Å². The molecule has 0 aromatic heterocycles. The molecular weight excluding hydrogens is 300 g/mol. The Labute approximate surface area is 135 Å². The van der Waals surface area contributed by atoms with Gasteiger partial charge in [0.1, 0.15) is 11.9 Å². The highest BCUT2D eigenvalue weighted by molar-refractivity contribution is 6.30. The van der Waals surface area contributed by atoms with Gasteiger partial charge < -0.3 is 9.84 Å². The van der Waals surface area contributed by atoms with Crippen LogP contribution in [0.5, 0.6) is 5.75 Å². The van der Waals surface area contributed by atoms with Crippen molar-refractivity contribution in [2.24, 2.45) is 0 Å². The minimum Gasteiger partial charge on any atom is -0.480 e. The maximum absolute atomic E-state index is 11.5. The van der Waals surface area contributed by atoms with E-state index < -0.39 is 11.7 Å². The summed E-state index contributed by atoms with van der Waals surface area (Å²) < 4.78 is 5.67. The Morgan fingerprint density at radius 3 is 1.95 bits per heavy atom. The van der Waals surface area contributed by atoms with Crippen molar-refractivity contribution in [2.75, 3.05) is 0 Å². The van der Waals surface area contributed by atoms with Gasteiger partial charge in [0.15, 0.2) is 11.4 Å². The third-order valence-electron chi connectivity index (χ3n) is 3.60. The number of aliphatic hydroxyl groups excluding tert-OH is 1. The highest BCUT2D eigenvalue weighted by Crippen LogP contribution is 2.26. The van der Waals surface area contributed by atoms with Crippen molar-refractivity contribution in [1.82, 2.24) is 0 Å². The third kappa shape index (κ3) is 3.87. The molecule has 0 bridgehead atoms. The van der Waals surface area contributed by atoms with Crippen molar-refractivity contribution in [3.05, 3.63) is 64.7 Å². The van der Waals surface area contributed by atoms with Crippen molar-refractivity contribution >= 4 is 17.4 Å². The lowest BCUT2D eigenvalue weighted by molar-refractivity contribution is -0.129. The highest BCUT2D eigenvalue weighted by Gasteiger charge is 2.25. The van der Waals surface area contributed by atoms with Gasteiger partial charge in [0.05, 0.1) is 0 Å². The van der Waals surface area contributed by atoms with E-state index in [-0.39, 0.29) is 5.78 Å². The second kappa shape index (κ2) is 6.51. The van der Waals surface area contributed by atoms with Gasteiger partial charge in [-0.25, -0.2) is 0 Å². The highest BCUT2D eigenvalue weighted by atomic mass is 35.5. The number of carbonyl (C=O) groups is 1. The van der Waals surface area contributed by atoms with E-state index in [0.717, 1.165) is 11.1 Å². The normalized spacial score (nSPS) is 12.8. The average Bonchev–Trinajstić information content (AvgIpc) is 2.47. The molecule has 0 aliphatic rings. The summed E-state index contributed by atoms with van der Waals surface area (Å²) >= 11 is 5.84. The molecule has 116 valence electrons. The topological polar surface area (TPSA) is 46.5 Å². The molecule has 2 aromatic rings. The predicted octanol–water partition coefficient (Wildman–Crippen LogP) is 4.17. The molecule has 0 heterocycles. The van der Waals surface area contributed by atoms with E-state index in [1.807, 2.05) is 0 Å². The second-order valence-corrected chi connectivity index (χ2v) is 6.13. The standard InChI is InChI=1S/C18H19ClO3/c1-12(20)18(2,3)22-16-10-6-14(7-11-16)17(21)13-4-8-15(19)9-5-13/h4-11,17,21H,1-3H3. The largest absolute Gasteiger partial charge is 0.480 e. The Bertz CT molecular complexity index is 645. The van der Waals surface area contributed by atoms with Crippen LogP contribution in [-0.2, 0) is 4.79 Å². The first-order chi connectivity index (χ1) is 10.3. The third-order valence-corrected chi connectivity index (χ3v) is 3.85. The van der Waals surface area contributed by atoms with Crippen LogP contribution in [0.1, 0.15) is 38.0 Å². The van der Waals surface area contributed by atoms with Gasteiger partial charge in [0.25, 0.3) is 0 Å². The Kier molecular flexibility index (Phi) is 4.89. The molecule has 1 N–H and O–H groups in total. The number of hydrogen-bond acceptors (Lipinski definition) is 3. The fourth-order valence-electron chi connectivity index (χ4n) is 1.92. The first-order valence-electron chi connectivity index (χ1n) is 7.03. The van der Waals surface area contributed by atoms with Gasteiger partial charge in [0.2, 0.25) is 0 Å². The fraction of sp³-hybridized carbons (Fsp3) is 0.278. The molecule has 0 saturated carbocycles. The lowest BCUT2D eigenvalue weighted by atomic mass is 10.0. The van der Waals surface area contributed by atoms with E-state index >= 15 is 0 Å². The van der Waals surface area contributed by atoms with Crippen LogP contribution in [-0.4, -0.2) is 16.5 Å². The number of Topliss-reactive ketones (excluding diaryl/α,β-unsaturated/α-hetero) is 1. The molecule has 0 aliphatic heterocycles. The number of ether oxygens (including phenoxy) is 1. The molecule has 0 amide bonds. The number of ketones is 1. The molecule has 0 aliphatic carbocycles. The van der Waals surface area contributed by atoms with Gasteiger partial charge in [-0.15, -0.1) is 0 Å². The molecule has 0 fully saturated rings. The minimum absolute atomic E-state index is 0.0437. The summed E-state index contributed by atoms with van der Waals surface area (Å²) in [5.41, 5.74) is 0.647. The number of aliphatic hydroxyl groups is 1. The maximum Gasteiger partial charge on any atom is 0.172 e. The predicted molar refractivity (Wildman–Crippen MR) is 87.3 cm³/mol. The molecule has 4 heteroatoms. The lowest BCUT2D eigenvalue weighted by Gasteiger charge is -2.23. The summed E-state index contributed by atoms with van der Waals surface area (Å²) in [4.78, 5) is 11.5. The van der Waals surface area contributed by atoms with Crippen molar-refractivity contribution in [3.63, 3.8) is 0 Å². The zero-order chi connectivity index (χ0) is 16.3. The first kappa shape index (κ1) is 16.5. The summed E-state index contributed by atoms with van der Waals surface area (Å²) in [5, 5.41) is 11.0. The molecule has 0 saturated heterocycles. The molecule has 1 unspecified atom stereocenters. The summed E-state index contributed by atoms with van der Waals surface area (Å²) in [7, 11) is 0. The molecule has 0 spiro atoms. The Hall–Kier alpha value is -1.84. The van der Waals surface area contributed by atoms with Gasteiger partial charge in [-0.1, -0.05) is 35.9 Å². The van der Waals surface area contributed by atoms with Crippen molar-refractivity contribution in [3.8, 4) is 5.75 Å². The summed E-state index contributed by atoms with van der Waals surface area (Å²) in [5.74, 6) is 0.546. The van der Waals surface area contributed by atoms with Gasteiger partial charge in [0, 0.05) is 5.02 Å². The molecule has 0 radical (unpaired) electrons. The maximum atomic E-state index is 11.5. The smallest absolute Gasteiger partial charge is 0.172 e. The number of hydrogen-bond donors (Lipinski definition) is 1. The minimum atomic E-state index is -0.865. The van der Waals surface area contributed by atoms with Gasteiger partial charge >= 0.3 is 0 Å². The molecular formula is C18H19ClO3. The zero-order valence-electron chi connectivity index (χ0n) is 12.8. The number of rotatable bonds is 5. The summed E-state index contributed by atoms with van der Waals surface area (Å²) in [6.45, 7) is 4.95. The van der Waals surface area contributed by atoms with E-state index in [2.05, 4.69) is 0 Å². The molecule has 2 rings (SSSR count). The van der Waals surface area contributed by atoms with Crippen molar-refractivity contribution < 1.29 is 14.6 Å². The van der Waals surface area contributed by atoms with E-state index in [9.17, 15) is 9.90 Å². The molecule has 3 nitrogen and oxygen atoms in total. The van der Waals surface area contributed by atoms with Gasteiger partial charge in [-0.3, -0.25) is 4.79 Å². The van der Waals surface area contributed by atoms with Gasteiger partial charge in [-0.05, 0) is 56.2 Å². The number of benzene rings is 2. The monoisotopic (exact) mass is 318 g/mol. The fourth-order valence-corrected chi connectivity index (χ4v) is 2.05. The summed E-state index contributed by atoms with van der Waals surface area (Å²) in [6.07, 6.45) is -0.730. The zero-order valence-corrected chi connectivity index (χ0v) is 13.6. The number of carbonyl (C=O) groups excluding carboxylic acids is 1. The van der Waals surface area contributed by atoms with Crippen molar-refractivity contribution in [2.45, 2.75) is 32.5 Å². The van der Waals surface area contributed by atoms with Crippen LogP contribution >= 0.6 is 11.6 Å². The molecule has 22 heavy (non-hydrogen) atoms. The van der Waals surface area contributed by atoms with E-state index in [0.29, 0.717) is 10.8 Å². The molecule has 2 aromatic carbocycles. The Morgan fingerprint density at radius 1 is 1.05 bits per heavy atom. The lowest BCUT2D eigenvalue weighted by Crippen LogP contribution is -2.36. The first-order valence-corrected chi connectivity index (χ1v) is 7.41. The van der Waals surface area contributed by atoms with Crippen LogP contribution in [0.2, 0.25) is 5.02 Å². The Morgan fingerprint density at radius 2 is 1.50 bits per heavy atom. The van der Waals surface area contributed by atoms with E-state index in [1.54, 1.807) is 62.4 Å². The van der Waals surface area contributed by atoms with E-state index in [1.165, 1.54) is 6.92 Å². The van der Waals surface area contributed by atoms with Crippen LogP contribution in [0.4, 0.5) is 0 Å². The average molecular weight is 319 g/mol. The van der Waals surface area contributed by atoms with Crippen LogP contribution in [0.3, 0.4) is 0 Å². The summed E-state index contributed by atoms with van der Waals surface area (Å²) in [6, 6.07) is 14.1. The van der Waals surface area contributed by atoms with Crippen LogP contribution in [0.25, 0.3) is 0 Å². The molecule has 1 atom stereocenters. The van der Waals surface area contributed by atoms with Crippen LogP contribution < -0.4 is 4.74 Å². The van der Waals surface area contributed by atoms with Gasteiger partial charge in [-0.2, -0.15) is 0 Å². The number of halogens is 1. The Balaban J connectivity index is 2.15. The quantitative estimate of drug-likeness (QED) is 0.900. The second-order valence-electron chi connectivity index (χ2n) is 5.69. The van der Waals surface area contributed by atoms with Crippen LogP contribution in [0.15, 0.2) is 48.5 Å². The van der Waals surface area contributed by atoms with Crippen molar-refractivity contribution in [1.29, 1.82) is 0 Å². The SMILES string of the molecule is CC(=O)C(C)(C)Oc1ccc(C(O)c2ccc(Cl)cc2)cc1. The van der Waals surface area contributed by atoms with Crippen LogP contribution in [0, 0.1) is 0 Å².